The number of aromatic amines is 1. The van der Waals surface area contributed by atoms with Crippen molar-refractivity contribution in [2.24, 2.45) is 0 Å². The van der Waals surface area contributed by atoms with Crippen LogP contribution in [0.4, 0.5) is 0 Å². The maximum atomic E-state index is 10.9. The maximum Gasteiger partial charge on any atom is 0.352 e. The molecule has 0 aliphatic rings. The Kier molecular flexibility index (Phi) is 2.32. The molecule has 0 amide bonds. The van der Waals surface area contributed by atoms with Crippen LogP contribution in [0, 0.1) is 10.1 Å². The van der Waals surface area contributed by atoms with Crippen molar-refractivity contribution in [2.45, 2.75) is 6.54 Å². The van der Waals surface area contributed by atoms with Crippen LogP contribution in [0.2, 0.25) is 0 Å². The van der Waals surface area contributed by atoms with Crippen LogP contribution in [0.25, 0.3) is 10.9 Å². The number of fused-ring (bicyclic) bond motifs is 1. The van der Waals surface area contributed by atoms with Crippen LogP contribution in [0.15, 0.2) is 24.3 Å². The summed E-state index contributed by atoms with van der Waals surface area (Å²) in [4.78, 5) is 23.5. The van der Waals surface area contributed by atoms with Gasteiger partial charge in [0.2, 0.25) is 6.54 Å². The zero-order chi connectivity index (χ0) is 11.7. The molecule has 0 spiro atoms. The van der Waals surface area contributed by atoms with E-state index in [1.54, 1.807) is 24.3 Å². The smallest absolute Gasteiger partial charge is 0.352 e. The molecule has 6 nitrogen and oxygen atoms in total. The number of hydrogen-bond donors (Lipinski definition) is 2. The van der Waals surface area contributed by atoms with Gasteiger partial charge in [-0.05, 0) is 6.07 Å². The van der Waals surface area contributed by atoms with Crippen molar-refractivity contribution in [3.63, 3.8) is 0 Å². The maximum absolute atomic E-state index is 10.9. The van der Waals surface area contributed by atoms with Gasteiger partial charge in [0.1, 0.15) is 5.69 Å². The van der Waals surface area contributed by atoms with E-state index in [1.165, 1.54) is 0 Å². The van der Waals surface area contributed by atoms with Crippen LogP contribution < -0.4 is 0 Å². The third-order valence-electron chi connectivity index (χ3n) is 2.31. The van der Waals surface area contributed by atoms with Crippen molar-refractivity contribution < 1.29 is 14.8 Å². The number of carbonyl (C=O) groups is 1. The Hall–Kier alpha value is -2.37. The average Bonchev–Trinajstić information content (AvgIpc) is 2.57. The molecule has 0 atom stereocenters. The number of aromatic nitrogens is 1. The number of para-hydroxylation sites is 1. The largest absolute Gasteiger partial charge is 0.477 e. The lowest BCUT2D eigenvalue weighted by molar-refractivity contribution is -0.496. The number of rotatable bonds is 3. The number of hydrogen-bond acceptors (Lipinski definition) is 3. The number of benzene rings is 1. The normalized spacial score (nSPS) is 10.5. The first-order valence-corrected chi connectivity index (χ1v) is 4.54. The molecule has 16 heavy (non-hydrogen) atoms. The van der Waals surface area contributed by atoms with Crippen LogP contribution in [-0.4, -0.2) is 21.0 Å². The van der Waals surface area contributed by atoms with Gasteiger partial charge in [-0.3, -0.25) is 10.1 Å². The first-order valence-electron chi connectivity index (χ1n) is 4.54. The predicted molar refractivity (Wildman–Crippen MR) is 56.0 cm³/mol. The fourth-order valence-electron chi connectivity index (χ4n) is 1.68. The summed E-state index contributed by atoms with van der Waals surface area (Å²) >= 11 is 0. The van der Waals surface area contributed by atoms with E-state index >= 15 is 0 Å². The van der Waals surface area contributed by atoms with Gasteiger partial charge >= 0.3 is 5.97 Å². The van der Waals surface area contributed by atoms with Gasteiger partial charge in [-0.25, -0.2) is 4.79 Å². The van der Waals surface area contributed by atoms with Gasteiger partial charge in [0.15, 0.2) is 0 Å². The van der Waals surface area contributed by atoms with E-state index in [0.717, 1.165) is 0 Å². The summed E-state index contributed by atoms with van der Waals surface area (Å²) in [5.74, 6) is -1.19. The highest BCUT2D eigenvalue weighted by atomic mass is 16.6. The second-order valence-corrected chi connectivity index (χ2v) is 3.32. The Balaban J connectivity index is 2.69. The lowest BCUT2D eigenvalue weighted by Crippen LogP contribution is -2.05. The van der Waals surface area contributed by atoms with Crippen molar-refractivity contribution in [3.05, 3.63) is 45.6 Å². The SMILES string of the molecule is O=C(O)c1[nH]c2ccccc2c1C[N+](=O)[O-]. The fourth-order valence-corrected chi connectivity index (χ4v) is 1.68. The molecule has 82 valence electrons. The van der Waals surface area contributed by atoms with E-state index in [-0.39, 0.29) is 11.3 Å². The third kappa shape index (κ3) is 1.60. The van der Waals surface area contributed by atoms with Crippen LogP contribution in [0.5, 0.6) is 0 Å². The molecule has 0 unspecified atom stereocenters. The van der Waals surface area contributed by atoms with Crippen molar-refractivity contribution in [1.82, 2.24) is 4.98 Å². The molecule has 1 aromatic carbocycles. The molecule has 0 saturated carbocycles. The van der Waals surface area contributed by atoms with Crippen LogP contribution in [-0.2, 0) is 6.54 Å². The van der Waals surface area contributed by atoms with E-state index in [4.69, 9.17) is 5.11 Å². The van der Waals surface area contributed by atoms with Gasteiger partial charge in [0.25, 0.3) is 0 Å². The van der Waals surface area contributed by atoms with Crippen LogP contribution >= 0.6 is 0 Å². The van der Waals surface area contributed by atoms with Crippen molar-refractivity contribution >= 4 is 16.9 Å². The lowest BCUT2D eigenvalue weighted by Gasteiger charge is -1.94. The number of H-pyrrole nitrogens is 1. The zero-order valence-electron chi connectivity index (χ0n) is 8.14. The molecule has 0 radical (unpaired) electrons. The van der Waals surface area contributed by atoms with E-state index in [2.05, 4.69) is 4.98 Å². The number of nitrogens with one attached hydrogen (secondary N) is 1. The van der Waals surface area contributed by atoms with Gasteiger partial charge in [-0.2, -0.15) is 0 Å². The number of carboxylic acids is 1. The molecule has 0 aliphatic carbocycles. The molecular weight excluding hydrogens is 212 g/mol. The highest BCUT2D eigenvalue weighted by Crippen LogP contribution is 2.22. The summed E-state index contributed by atoms with van der Waals surface area (Å²) in [7, 11) is 0. The molecular formula is C10H8N2O4. The summed E-state index contributed by atoms with van der Waals surface area (Å²) in [6.45, 7) is -0.494. The van der Waals surface area contributed by atoms with Gasteiger partial charge in [-0.1, -0.05) is 18.2 Å². The number of nitrogens with zero attached hydrogens (tertiary/aromatic N) is 1. The fraction of sp³-hybridized carbons (Fsp3) is 0.100. The second kappa shape index (κ2) is 3.65. The average molecular weight is 220 g/mol. The van der Waals surface area contributed by atoms with E-state index in [0.29, 0.717) is 10.9 Å². The minimum atomic E-state index is -1.19. The summed E-state index contributed by atoms with van der Waals surface area (Å²) in [5, 5.41) is 20.0. The molecule has 2 rings (SSSR count). The molecule has 2 aromatic rings. The van der Waals surface area contributed by atoms with Gasteiger partial charge < -0.3 is 10.1 Å². The minimum Gasteiger partial charge on any atom is -0.477 e. The molecule has 1 heterocycles. The standard InChI is InChI=1S/C10H8N2O4/c13-10(14)9-7(5-12(15)16)6-3-1-2-4-8(6)11-9/h1-4,11H,5H2,(H,13,14). The molecule has 1 aromatic heterocycles. The quantitative estimate of drug-likeness (QED) is 0.607. The highest BCUT2D eigenvalue weighted by Gasteiger charge is 2.20. The molecule has 0 bridgehead atoms. The summed E-state index contributed by atoms with van der Waals surface area (Å²) in [6, 6.07) is 6.80. The van der Waals surface area contributed by atoms with E-state index in [1.807, 2.05) is 0 Å². The van der Waals surface area contributed by atoms with Gasteiger partial charge in [0.05, 0.1) is 5.56 Å². The molecule has 0 aliphatic heterocycles. The third-order valence-corrected chi connectivity index (χ3v) is 2.31. The molecule has 0 fully saturated rings. The first kappa shape index (κ1) is 10.2. The first-order chi connectivity index (χ1) is 7.59. The van der Waals surface area contributed by atoms with E-state index < -0.39 is 17.4 Å². The Morgan fingerprint density at radius 3 is 2.75 bits per heavy atom. The number of carboxylic acid groups (broad SMARTS) is 1. The van der Waals surface area contributed by atoms with Gasteiger partial charge in [0, 0.05) is 15.8 Å². The summed E-state index contributed by atoms with van der Waals surface area (Å²) < 4.78 is 0. The number of nitro groups is 1. The predicted octanol–water partition coefficient (Wildman–Crippen LogP) is 1.64. The summed E-state index contributed by atoms with van der Waals surface area (Å²) in [5.41, 5.74) is 0.697. The van der Waals surface area contributed by atoms with Crippen molar-refractivity contribution in [3.8, 4) is 0 Å². The highest BCUT2D eigenvalue weighted by molar-refractivity contribution is 5.97. The van der Waals surface area contributed by atoms with E-state index in [9.17, 15) is 14.9 Å². The van der Waals surface area contributed by atoms with Crippen molar-refractivity contribution in [1.29, 1.82) is 0 Å². The lowest BCUT2D eigenvalue weighted by atomic mass is 10.1. The molecule has 6 heteroatoms. The summed E-state index contributed by atoms with van der Waals surface area (Å²) in [6.07, 6.45) is 0. The Labute approximate surface area is 89.7 Å². The van der Waals surface area contributed by atoms with Crippen molar-refractivity contribution in [2.75, 3.05) is 0 Å². The van der Waals surface area contributed by atoms with Crippen LogP contribution in [0.1, 0.15) is 16.1 Å². The molecule has 0 saturated heterocycles. The molecule has 2 N–H and O–H groups in total. The topological polar surface area (TPSA) is 96.2 Å². The van der Waals surface area contributed by atoms with Gasteiger partial charge in [-0.15, -0.1) is 0 Å². The van der Waals surface area contributed by atoms with Crippen LogP contribution in [0.3, 0.4) is 0 Å². The monoisotopic (exact) mass is 220 g/mol. The number of aromatic carboxylic acids is 1. The Morgan fingerprint density at radius 1 is 1.44 bits per heavy atom. The zero-order valence-corrected chi connectivity index (χ0v) is 8.14. The Bertz CT molecular complexity index is 573. The minimum absolute atomic E-state index is 0.113. The Morgan fingerprint density at radius 2 is 2.12 bits per heavy atom. The second-order valence-electron chi connectivity index (χ2n) is 3.32.